The molecule has 0 radical (unpaired) electrons. The van der Waals surface area contributed by atoms with Crippen LogP contribution in [0.5, 0.6) is 0 Å². The van der Waals surface area contributed by atoms with Crippen molar-refractivity contribution in [3.8, 4) is 11.3 Å². The van der Waals surface area contributed by atoms with Crippen molar-refractivity contribution in [2.75, 3.05) is 11.9 Å². The minimum absolute atomic E-state index is 0.125. The molecule has 0 atom stereocenters. The number of anilines is 1. The molecule has 0 aliphatic rings. The number of hydrogen-bond donors (Lipinski definition) is 3. The Bertz CT molecular complexity index is 1330. The number of rotatable bonds is 3. The van der Waals surface area contributed by atoms with Crippen LogP contribution in [0.3, 0.4) is 0 Å². The highest BCUT2D eigenvalue weighted by Crippen LogP contribution is 2.28. The standard InChI is InChI=1S/C18H11F4N5O3/c19-9-2-3-10-11(6-9)14(26-27-15(10)28)8-1-4-12-13(5-8)24-16(23-12)25-17(29)30-7-18(20,21)22/h1-6H,7H2,(H,27,28)(H2,23,24,25,29). The molecule has 0 saturated heterocycles. The summed E-state index contributed by atoms with van der Waals surface area (Å²) in [4.78, 5) is 30.2. The zero-order valence-electron chi connectivity index (χ0n) is 14.8. The van der Waals surface area contributed by atoms with Crippen molar-refractivity contribution < 1.29 is 27.1 Å². The molecule has 0 fully saturated rings. The highest BCUT2D eigenvalue weighted by Gasteiger charge is 2.29. The molecule has 4 rings (SSSR count). The van der Waals surface area contributed by atoms with Crippen LogP contribution >= 0.6 is 0 Å². The predicted octanol–water partition coefficient (Wildman–Crippen LogP) is 3.72. The molecule has 8 nitrogen and oxygen atoms in total. The number of nitrogens with one attached hydrogen (secondary N) is 3. The topological polar surface area (TPSA) is 113 Å². The number of H-pyrrole nitrogens is 2. The number of halogens is 4. The molecule has 0 unspecified atom stereocenters. The van der Waals surface area contributed by atoms with Gasteiger partial charge < -0.3 is 9.72 Å². The van der Waals surface area contributed by atoms with Gasteiger partial charge in [0.05, 0.1) is 22.1 Å². The molecule has 0 aliphatic carbocycles. The van der Waals surface area contributed by atoms with Crippen molar-refractivity contribution in [2.45, 2.75) is 6.18 Å². The van der Waals surface area contributed by atoms with E-state index in [1.807, 2.05) is 0 Å². The summed E-state index contributed by atoms with van der Waals surface area (Å²) >= 11 is 0. The second-order valence-electron chi connectivity index (χ2n) is 6.22. The zero-order chi connectivity index (χ0) is 21.5. The van der Waals surface area contributed by atoms with Crippen LogP contribution in [0.15, 0.2) is 41.2 Å². The van der Waals surface area contributed by atoms with Gasteiger partial charge in [0, 0.05) is 10.9 Å². The van der Waals surface area contributed by atoms with Gasteiger partial charge in [-0.1, -0.05) is 6.07 Å². The van der Waals surface area contributed by atoms with Gasteiger partial charge in [0.1, 0.15) is 5.82 Å². The van der Waals surface area contributed by atoms with Crippen LogP contribution in [-0.2, 0) is 4.74 Å². The molecule has 0 aliphatic heterocycles. The number of hydrogen-bond acceptors (Lipinski definition) is 5. The Morgan fingerprint density at radius 1 is 1.13 bits per heavy atom. The predicted molar refractivity (Wildman–Crippen MR) is 98.4 cm³/mol. The Hall–Kier alpha value is -3.96. The van der Waals surface area contributed by atoms with Gasteiger partial charge in [0.25, 0.3) is 5.56 Å². The van der Waals surface area contributed by atoms with Crippen LogP contribution in [0.4, 0.5) is 28.3 Å². The number of carbonyl (C=O) groups excluding carboxylic acids is 1. The van der Waals surface area contributed by atoms with Gasteiger partial charge in [-0.15, -0.1) is 0 Å². The first kappa shape index (κ1) is 19.4. The number of fused-ring (bicyclic) bond motifs is 2. The number of benzene rings is 2. The minimum Gasteiger partial charge on any atom is -0.440 e. The Balaban J connectivity index is 1.66. The van der Waals surface area contributed by atoms with E-state index in [2.05, 4.69) is 30.2 Å². The first-order valence-electron chi connectivity index (χ1n) is 8.38. The maximum absolute atomic E-state index is 13.7. The summed E-state index contributed by atoms with van der Waals surface area (Å²) in [6.45, 7) is -1.73. The van der Waals surface area contributed by atoms with Gasteiger partial charge >= 0.3 is 12.3 Å². The summed E-state index contributed by atoms with van der Waals surface area (Å²) in [5.74, 6) is -0.666. The Morgan fingerprint density at radius 3 is 2.70 bits per heavy atom. The van der Waals surface area contributed by atoms with Crippen molar-refractivity contribution in [3.05, 3.63) is 52.6 Å². The van der Waals surface area contributed by atoms with Gasteiger partial charge in [-0.25, -0.2) is 19.3 Å². The van der Waals surface area contributed by atoms with Crippen molar-refractivity contribution in [1.29, 1.82) is 0 Å². The fraction of sp³-hybridized carbons (Fsp3) is 0.111. The van der Waals surface area contributed by atoms with Gasteiger partial charge in [0.2, 0.25) is 5.95 Å². The van der Waals surface area contributed by atoms with Crippen LogP contribution in [0.25, 0.3) is 33.1 Å². The van der Waals surface area contributed by atoms with Gasteiger partial charge in [-0.2, -0.15) is 18.3 Å². The van der Waals surface area contributed by atoms with Crippen LogP contribution in [0, 0.1) is 5.82 Å². The van der Waals surface area contributed by atoms with E-state index in [9.17, 15) is 27.2 Å². The molecule has 0 spiro atoms. The second-order valence-corrected chi connectivity index (χ2v) is 6.22. The summed E-state index contributed by atoms with van der Waals surface area (Å²) in [5, 5.41) is 8.94. The fourth-order valence-corrected chi connectivity index (χ4v) is 2.85. The molecule has 2 heterocycles. The van der Waals surface area contributed by atoms with Gasteiger partial charge in [0.15, 0.2) is 6.61 Å². The molecule has 0 saturated carbocycles. The normalized spacial score (nSPS) is 11.7. The van der Waals surface area contributed by atoms with Gasteiger partial charge in [-0.05, 0) is 30.3 Å². The lowest BCUT2D eigenvalue weighted by Gasteiger charge is -2.07. The molecular weight excluding hydrogens is 410 g/mol. The monoisotopic (exact) mass is 421 g/mol. The average molecular weight is 421 g/mol. The quantitative estimate of drug-likeness (QED) is 0.437. The van der Waals surface area contributed by atoms with E-state index in [-0.39, 0.29) is 11.3 Å². The first-order chi connectivity index (χ1) is 14.2. The number of aromatic nitrogens is 4. The molecule has 3 N–H and O–H groups in total. The maximum Gasteiger partial charge on any atom is 0.422 e. The largest absolute Gasteiger partial charge is 0.440 e. The van der Waals surface area contributed by atoms with E-state index in [0.29, 0.717) is 27.7 Å². The maximum atomic E-state index is 13.7. The van der Waals surface area contributed by atoms with E-state index < -0.39 is 30.3 Å². The summed E-state index contributed by atoms with van der Waals surface area (Å²) in [7, 11) is 0. The fourth-order valence-electron chi connectivity index (χ4n) is 2.85. The van der Waals surface area contributed by atoms with Crippen LogP contribution in [-0.4, -0.2) is 39.0 Å². The molecule has 2 aromatic heterocycles. The highest BCUT2D eigenvalue weighted by molar-refractivity contribution is 5.96. The number of imidazole rings is 1. The summed E-state index contributed by atoms with van der Waals surface area (Å²) in [6, 6.07) is 8.46. The van der Waals surface area contributed by atoms with Crippen molar-refractivity contribution in [2.24, 2.45) is 0 Å². The number of aromatic amines is 2. The first-order valence-corrected chi connectivity index (χ1v) is 8.38. The Kier molecular flexibility index (Phi) is 4.60. The molecule has 30 heavy (non-hydrogen) atoms. The number of carbonyl (C=O) groups is 1. The molecular formula is C18H11F4N5O3. The lowest BCUT2D eigenvalue weighted by atomic mass is 10.0. The smallest absolute Gasteiger partial charge is 0.422 e. The highest BCUT2D eigenvalue weighted by atomic mass is 19.4. The summed E-state index contributed by atoms with van der Waals surface area (Å²) in [5.41, 5.74) is 1.12. The van der Waals surface area contributed by atoms with Crippen molar-refractivity contribution in [3.63, 3.8) is 0 Å². The van der Waals surface area contributed by atoms with Crippen molar-refractivity contribution >= 4 is 33.8 Å². The Morgan fingerprint density at radius 2 is 1.93 bits per heavy atom. The average Bonchev–Trinajstić information content (AvgIpc) is 3.07. The van der Waals surface area contributed by atoms with Crippen LogP contribution in [0.1, 0.15) is 0 Å². The Labute approximate surface area is 163 Å². The number of alkyl halides is 3. The van der Waals surface area contributed by atoms with E-state index in [0.717, 1.165) is 6.07 Å². The second kappa shape index (κ2) is 7.13. The molecule has 0 bridgehead atoms. The lowest BCUT2D eigenvalue weighted by Crippen LogP contribution is -2.23. The molecule has 12 heteroatoms. The van der Waals surface area contributed by atoms with Crippen LogP contribution in [0.2, 0.25) is 0 Å². The van der Waals surface area contributed by atoms with Crippen LogP contribution < -0.4 is 10.9 Å². The molecule has 1 amide bonds. The molecule has 154 valence electrons. The van der Waals surface area contributed by atoms with E-state index >= 15 is 0 Å². The molecule has 2 aromatic carbocycles. The third-order valence-corrected chi connectivity index (χ3v) is 4.09. The summed E-state index contributed by atoms with van der Waals surface area (Å²) < 4.78 is 54.1. The number of nitrogens with zero attached hydrogens (tertiary/aromatic N) is 2. The summed E-state index contributed by atoms with van der Waals surface area (Å²) in [6.07, 6.45) is -5.97. The van der Waals surface area contributed by atoms with E-state index in [4.69, 9.17) is 0 Å². The third-order valence-electron chi connectivity index (χ3n) is 4.09. The zero-order valence-corrected chi connectivity index (χ0v) is 14.8. The third kappa shape index (κ3) is 3.92. The SMILES string of the molecule is O=C(Nc1nc2cc(-c3n[nH]c(=O)c4ccc(F)cc34)ccc2[nH]1)OCC(F)(F)F. The van der Waals surface area contributed by atoms with E-state index in [1.54, 1.807) is 18.2 Å². The van der Waals surface area contributed by atoms with Crippen molar-refractivity contribution in [1.82, 2.24) is 20.2 Å². The lowest BCUT2D eigenvalue weighted by molar-refractivity contribution is -0.159. The van der Waals surface area contributed by atoms with E-state index in [1.165, 1.54) is 12.1 Å². The minimum atomic E-state index is -4.65. The number of amides is 1. The molecule has 4 aromatic rings. The number of ether oxygens (including phenoxy) is 1. The van der Waals surface area contributed by atoms with Gasteiger partial charge in [-0.3, -0.25) is 10.1 Å².